The van der Waals surface area contributed by atoms with E-state index in [0.29, 0.717) is 23.9 Å². The molecule has 1 fully saturated rings. The summed E-state index contributed by atoms with van der Waals surface area (Å²) < 4.78 is 22.1. The Balaban J connectivity index is 1.13. The number of fused-ring (bicyclic) bond motifs is 1. The van der Waals surface area contributed by atoms with Crippen LogP contribution in [0.15, 0.2) is 77.7 Å². The highest BCUT2D eigenvalue weighted by Gasteiger charge is 2.51. The van der Waals surface area contributed by atoms with Crippen molar-refractivity contribution in [2.45, 2.75) is 29.9 Å². The Labute approximate surface area is 278 Å². The molecular formula is C37H47N3O5S. The molecule has 2 aliphatic heterocycles. The maximum Gasteiger partial charge on any atom is 0.248 e. The summed E-state index contributed by atoms with van der Waals surface area (Å²) in [5.74, 6) is 2.92. The molecule has 3 aromatic carbocycles. The standard InChI is InChI=1S/C37H47N3O5S/c1-27(2)37(36(41)38(3)30-14-8-10-16-34(30)46-37)29-13-7-9-15-31(29)45-24-12-11-18-39-20-22-40(23-21-39)19-17-28-25-32(42-4)35(44-6)33(26-28)43-5/h7-16,25-27H,17-24H2,1-6H3/b12-11-/t37-/m1/s1. The number of benzene rings is 3. The first-order valence-electron chi connectivity index (χ1n) is 16.0. The Morgan fingerprint density at radius 3 is 2.17 bits per heavy atom. The Kier molecular flexibility index (Phi) is 11.2. The van der Waals surface area contributed by atoms with E-state index in [-0.39, 0.29) is 11.8 Å². The molecule has 9 heteroatoms. The molecule has 3 aromatic rings. The van der Waals surface area contributed by atoms with Crippen molar-refractivity contribution >= 4 is 23.4 Å². The number of hydrogen-bond acceptors (Lipinski definition) is 8. The van der Waals surface area contributed by atoms with Gasteiger partial charge in [0.05, 0.1) is 27.0 Å². The molecule has 5 rings (SSSR count). The lowest BCUT2D eigenvalue weighted by Crippen LogP contribution is -2.49. The topological polar surface area (TPSA) is 63.7 Å². The predicted octanol–water partition coefficient (Wildman–Crippen LogP) is 6.13. The summed E-state index contributed by atoms with van der Waals surface area (Å²) in [7, 11) is 6.80. The number of para-hydroxylation sites is 2. The van der Waals surface area contributed by atoms with Crippen LogP contribution >= 0.6 is 11.8 Å². The number of nitrogens with zero attached hydrogens (tertiary/aromatic N) is 3. The minimum atomic E-state index is -0.769. The van der Waals surface area contributed by atoms with E-state index in [2.05, 4.69) is 41.9 Å². The van der Waals surface area contributed by atoms with E-state index in [9.17, 15) is 4.79 Å². The average molecular weight is 646 g/mol. The molecule has 1 atom stereocenters. The molecule has 2 aliphatic rings. The number of anilines is 1. The van der Waals surface area contributed by atoms with Crippen LogP contribution in [0.25, 0.3) is 0 Å². The molecular weight excluding hydrogens is 598 g/mol. The highest BCUT2D eigenvalue weighted by atomic mass is 32.2. The van der Waals surface area contributed by atoms with Crippen molar-refractivity contribution in [2.24, 2.45) is 5.92 Å². The van der Waals surface area contributed by atoms with E-state index in [0.717, 1.165) is 67.6 Å². The van der Waals surface area contributed by atoms with Gasteiger partial charge in [0.15, 0.2) is 11.5 Å². The summed E-state index contributed by atoms with van der Waals surface area (Å²) in [4.78, 5) is 21.9. The molecule has 0 unspecified atom stereocenters. The minimum absolute atomic E-state index is 0.0571. The molecule has 8 nitrogen and oxygen atoms in total. The first kappa shape index (κ1) is 33.7. The van der Waals surface area contributed by atoms with Gasteiger partial charge in [0.25, 0.3) is 0 Å². The van der Waals surface area contributed by atoms with Crippen molar-refractivity contribution in [3.8, 4) is 23.0 Å². The molecule has 46 heavy (non-hydrogen) atoms. The third kappa shape index (κ3) is 7.01. The monoisotopic (exact) mass is 645 g/mol. The number of carbonyl (C=O) groups is 1. The van der Waals surface area contributed by atoms with Crippen molar-refractivity contribution in [3.63, 3.8) is 0 Å². The van der Waals surface area contributed by atoms with Crippen LogP contribution < -0.4 is 23.8 Å². The van der Waals surface area contributed by atoms with Gasteiger partial charge in [-0.2, -0.15) is 0 Å². The van der Waals surface area contributed by atoms with Crippen molar-refractivity contribution in [3.05, 3.63) is 83.9 Å². The molecule has 0 spiro atoms. The summed E-state index contributed by atoms with van der Waals surface area (Å²) in [6.45, 7) is 10.7. The van der Waals surface area contributed by atoms with Gasteiger partial charge in [-0.1, -0.05) is 56.3 Å². The van der Waals surface area contributed by atoms with Gasteiger partial charge in [0, 0.05) is 56.8 Å². The fourth-order valence-electron chi connectivity index (χ4n) is 6.33. The maximum absolute atomic E-state index is 14.0. The van der Waals surface area contributed by atoms with Crippen LogP contribution in [0.1, 0.15) is 25.0 Å². The highest BCUT2D eigenvalue weighted by molar-refractivity contribution is 8.01. The van der Waals surface area contributed by atoms with Gasteiger partial charge >= 0.3 is 0 Å². The second-order valence-electron chi connectivity index (χ2n) is 12.0. The van der Waals surface area contributed by atoms with Crippen LogP contribution in [0.4, 0.5) is 5.69 Å². The number of ether oxygens (including phenoxy) is 4. The number of hydrogen-bond donors (Lipinski definition) is 0. The van der Waals surface area contributed by atoms with E-state index in [1.165, 1.54) is 5.56 Å². The predicted molar refractivity (Wildman–Crippen MR) is 186 cm³/mol. The maximum atomic E-state index is 14.0. The van der Waals surface area contributed by atoms with Gasteiger partial charge in [-0.3, -0.25) is 9.69 Å². The highest BCUT2D eigenvalue weighted by Crippen LogP contribution is 2.56. The fourth-order valence-corrected chi connectivity index (χ4v) is 7.88. The number of methoxy groups -OCH3 is 3. The molecule has 0 saturated carbocycles. The van der Waals surface area contributed by atoms with Gasteiger partial charge in [0.2, 0.25) is 11.7 Å². The lowest BCUT2D eigenvalue weighted by atomic mass is 9.85. The Morgan fingerprint density at radius 1 is 0.848 bits per heavy atom. The van der Waals surface area contributed by atoms with Crippen molar-refractivity contribution in [2.75, 3.05) is 79.2 Å². The summed E-state index contributed by atoms with van der Waals surface area (Å²) in [6, 6.07) is 20.2. The smallest absolute Gasteiger partial charge is 0.248 e. The van der Waals surface area contributed by atoms with Crippen LogP contribution in [-0.2, 0) is 16.0 Å². The molecule has 1 amide bonds. The zero-order valence-electron chi connectivity index (χ0n) is 28.0. The molecule has 0 aliphatic carbocycles. The van der Waals surface area contributed by atoms with Crippen molar-refractivity contribution in [1.29, 1.82) is 0 Å². The van der Waals surface area contributed by atoms with Gasteiger partial charge in [0.1, 0.15) is 17.1 Å². The molecule has 0 bridgehead atoms. The zero-order chi connectivity index (χ0) is 32.7. The molecule has 0 N–H and O–H groups in total. The summed E-state index contributed by atoms with van der Waals surface area (Å²) in [6.07, 6.45) is 5.20. The lowest BCUT2D eigenvalue weighted by Gasteiger charge is -2.43. The second kappa shape index (κ2) is 15.3. The number of carbonyl (C=O) groups excluding carboxylic acids is 1. The van der Waals surface area contributed by atoms with E-state index < -0.39 is 4.75 Å². The van der Waals surface area contributed by atoms with Gasteiger partial charge in [-0.15, -0.1) is 11.8 Å². The third-order valence-corrected chi connectivity index (χ3v) is 10.7. The van der Waals surface area contributed by atoms with Crippen LogP contribution in [0.3, 0.4) is 0 Å². The number of amides is 1. The average Bonchev–Trinajstić information content (AvgIpc) is 3.08. The van der Waals surface area contributed by atoms with Gasteiger partial charge in [-0.25, -0.2) is 0 Å². The Bertz CT molecular complexity index is 1500. The van der Waals surface area contributed by atoms with Crippen molar-refractivity contribution < 1.29 is 23.7 Å². The largest absolute Gasteiger partial charge is 0.493 e. The lowest BCUT2D eigenvalue weighted by molar-refractivity contribution is -0.122. The van der Waals surface area contributed by atoms with Gasteiger partial charge < -0.3 is 28.7 Å². The summed E-state index contributed by atoms with van der Waals surface area (Å²) in [5, 5.41) is 0. The summed E-state index contributed by atoms with van der Waals surface area (Å²) >= 11 is 1.64. The third-order valence-electron chi connectivity index (χ3n) is 8.99. The van der Waals surface area contributed by atoms with E-state index >= 15 is 0 Å². The molecule has 246 valence electrons. The Hall–Kier alpha value is -3.66. The van der Waals surface area contributed by atoms with Crippen LogP contribution in [-0.4, -0.2) is 90.0 Å². The molecule has 2 heterocycles. The Morgan fingerprint density at radius 2 is 1.50 bits per heavy atom. The van der Waals surface area contributed by atoms with E-state index in [1.54, 1.807) is 38.0 Å². The number of thioether (sulfide) groups is 1. The van der Waals surface area contributed by atoms with E-state index in [1.807, 2.05) is 61.6 Å². The quantitative estimate of drug-likeness (QED) is 0.206. The number of likely N-dealkylation sites (N-methyl/N-ethyl adjacent to an activating group) is 1. The minimum Gasteiger partial charge on any atom is -0.493 e. The first-order chi connectivity index (χ1) is 22.3. The van der Waals surface area contributed by atoms with Gasteiger partial charge in [-0.05, 0) is 48.2 Å². The molecule has 0 aromatic heterocycles. The van der Waals surface area contributed by atoms with Crippen LogP contribution in [0.2, 0.25) is 0 Å². The molecule has 1 saturated heterocycles. The zero-order valence-corrected chi connectivity index (χ0v) is 28.8. The molecule has 0 radical (unpaired) electrons. The summed E-state index contributed by atoms with van der Waals surface area (Å²) in [5.41, 5.74) is 3.05. The SMILES string of the molecule is COc1cc(CCN2CCN(C/C=C\COc3ccccc3[C@@]3(C(C)C)Sc4ccccc4N(C)C3=O)CC2)cc(OC)c1OC. The normalized spacial score (nSPS) is 19.0. The second-order valence-corrected chi connectivity index (χ2v) is 13.3. The van der Waals surface area contributed by atoms with Crippen LogP contribution in [0.5, 0.6) is 23.0 Å². The van der Waals surface area contributed by atoms with Crippen molar-refractivity contribution in [1.82, 2.24) is 9.80 Å². The number of piperazine rings is 1. The number of rotatable bonds is 13. The van der Waals surface area contributed by atoms with Crippen LogP contribution in [0, 0.1) is 5.92 Å². The first-order valence-corrected chi connectivity index (χ1v) is 16.8. The fraction of sp³-hybridized carbons (Fsp3) is 0.432. The van der Waals surface area contributed by atoms with E-state index in [4.69, 9.17) is 18.9 Å².